The molecule has 4 heteroatoms. The summed E-state index contributed by atoms with van der Waals surface area (Å²) < 4.78 is 5.71. The van der Waals surface area contributed by atoms with Crippen LogP contribution in [-0.2, 0) is 0 Å². The lowest BCUT2D eigenvalue weighted by atomic mass is 9.96. The van der Waals surface area contributed by atoms with Crippen molar-refractivity contribution in [1.29, 1.82) is 5.26 Å². The molecule has 0 aliphatic rings. The van der Waals surface area contributed by atoms with Gasteiger partial charge in [0.1, 0.15) is 11.6 Å². The Morgan fingerprint density at radius 3 is 2.45 bits per heavy atom. The molecule has 0 bridgehead atoms. The van der Waals surface area contributed by atoms with Crippen molar-refractivity contribution in [2.75, 3.05) is 6.61 Å². The van der Waals surface area contributed by atoms with E-state index in [1.807, 2.05) is 55.5 Å². The summed E-state index contributed by atoms with van der Waals surface area (Å²) in [6.45, 7) is 2.31. The van der Waals surface area contributed by atoms with E-state index in [0.717, 1.165) is 38.2 Å². The fraction of sp³-hybridized carbons (Fsp3) is 0.0800. The van der Waals surface area contributed by atoms with Gasteiger partial charge in [0.05, 0.1) is 12.1 Å². The zero-order valence-corrected chi connectivity index (χ0v) is 15.9. The number of pyridine rings is 2. The van der Waals surface area contributed by atoms with Crippen molar-refractivity contribution in [1.82, 2.24) is 9.97 Å². The van der Waals surface area contributed by atoms with Crippen LogP contribution in [0, 0.1) is 11.3 Å². The van der Waals surface area contributed by atoms with Crippen LogP contribution in [0.3, 0.4) is 0 Å². The molecule has 0 spiro atoms. The van der Waals surface area contributed by atoms with E-state index >= 15 is 0 Å². The zero-order chi connectivity index (χ0) is 19.8. The molecule has 4 nitrogen and oxygen atoms in total. The average Bonchev–Trinajstić information content (AvgIpc) is 2.77. The van der Waals surface area contributed by atoms with Gasteiger partial charge in [-0.3, -0.25) is 0 Å². The summed E-state index contributed by atoms with van der Waals surface area (Å²) in [7, 11) is 0. The number of nitriles is 1. The van der Waals surface area contributed by atoms with Gasteiger partial charge in [-0.2, -0.15) is 10.2 Å². The number of benzene rings is 3. The standard InChI is InChI=1S/C25H17N3O/c1-2-29-25-21(15-26)23(17-9-4-3-5-10-17)20-14-19-18-11-7-6-8-16(18)12-13-22(19)27-24(20)28-25/h3-14H,2H2,1H3. The van der Waals surface area contributed by atoms with Crippen LogP contribution in [0.1, 0.15) is 12.5 Å². The fourth-order valence-electron chi connectivity index (χ4n) is 3.83. The van der Waals surface area contributed by atoms with E-state index in [1.165, 1.54) is 0 Å². The molecule has 3 aromatic carbocycles. The lowest BCUT2D eigenvalue weighted by Crippen LogP contribution is -2.02. The summed E-state index contributed by atoms with van der Waals surface area (Å²) in [6, 6.07) is 26.6. The quantitative estimate of drug-likeness (QED) is 0.292. The molecule has 0 aliphatic carbocycles. The lowest BCUT2D eigenvalue weighted by molar-refractivity contribution is 0.327. The Bertz CT molecular complexity index is 1420. The number of nitrogens with zero attached hydrogens (tertiary/aromatic N) is 3. The highest BCUT2D eigenvalue weighted by atomic mass is 16.5. The number of ether oxygens (including phenoxy) is 1. The van der Waals surface area contributed by atoms with Crippen LogP contribution in [0.15, 0.2) is 72.8 Å². The number of hydrogen-bond acceptors (Lipinski definition) is 4. The molecule has 0 saturated carbocycles. The zero-order valence-electron chi connectivity index (χ0n) is 15.9. The molecule has 2 heterocycles. The highest BCUT2D eigenvalue weighted by Crippen LogP contribution is 2.37. The first-order valence-corrected chi connectivity index (χ1v) is 9.54. The summed E-state index contributed by atoms with van der Waals surface area (Å²) in [5.41, 5.74) is 3.64. The van der Waals surface area contributed by atoms with Crippen LogP contribution in [0.2, 0.25) is 0 Å². The summed E-state index contributed by atoms with van der Waals surface area (Å²) in [4.78, 5) is 9.43. The smallest absolute Gasteiger partial charge is 0.234 e. The second kappa shape index (κ2) is 6.88. The van der Waals surface area contributed by atoms with E-state index in [4.69, 9.17) is 9.72 Å². The molecule has 2 aromatic heterocycles. The van der Waals surface area contributed by atoms with Crippen LogP contribution >= 0.6 is 0 Å². The molecule has 5 rings (SSSR count). The van der Waals surface area contributed by atoms with Crippen molar-refractivity contribution in [2.24, 2.45) is 0 Å². The largest absolute Gasteiger partial charge is 0.477 e. The predicted octanol–water partition coefficient (Wildman–Crippen LogP) is 5.87. The Morgan fingerprint density at radius 2 is 1.66 bits per heavy atom. The summed E-state index contributed by atoms with van der Waals surface area (Å²) in [5.74, 6) is 0.328. The van der Waals surface area contributed by atoms with E-state index < -0.39 is 0 Å². The van der Waals surface area contributed by atoms with Crippen molar-refractivity contribution in [3.8, 4) is 23.1 Å². The number of rotatable bonds is 3. The summed E-state index contributed by atoms with van der Waals surface area (Å²) in [5, 5.41) is 14.1. The summed E-state index contributed by atoms with van der Waals surface area (Å²) in [6.07, 6.45) is 0. The van der Waals surface area contributed by atoms with Gasteiger partial charge in [0.25, 0.3) is 0 Å². The van der Waals surface area contributed by atoms with Crippen molar-refractivity contribution in [3.05, 3.63) is 78.4 Å². The van der Waals surface area contributed by atoms with Crippen molar-refractivity contribution in [2.45, 2.75) is 6.92 Å². The minimum Gasteiger partial charge on any atom is -0.477 e. The maximum absolute atomic E-state index is 9.94. The monoisotopic (exact) mass is 375 g/mol. The van der Waals surface area contributed by atoms with E-state index in [2.05, 4.69) is 35.3 Å². The third-order valence-corrected chi connectivity index (χ3v) is 5.10. The summed E-state index contributed by atoms with van der Waals surface area (Å²) >= 11 is 0. The van der Waals surface area contributed by atoms with Gasteiger partial charge in [0.2, 0.25) is 5.88 Å². The Balaban J connectivity index is 1.97. The van der Waals surface area contributed by atoms with Gasteiger partial charge in [-0.05, 0) is 35.4 Å². The Kier molecular flexibility index (Phi) is 4.07. The second-order valence-electron chi connectivity index (χ2n) is 6.79. The van der Waals surface area contributed by atoms with E-state index in [9.17, 15) is 5.26 Å². The van der Waals surface area contributed by atoms with Gasteiger partial charge in [-0.15, -0.1) is 0 Å². The highest BCUT2D eigenvalue weighted by molar-refractivity contribution is 6.11. The van der Waals surface area contributed by atoms with Gasteiger partial charge in [-0.1, -0.05) is 60.7 Å². The number of fused-ring (bicyclic) bond motifs is 4. The first-order valence-electron chi connectivity index (χ1n) is 9.54. The van der Waals surface area contributed by atoms with Crippen LogP contribution in [0.25, 0.3) is 43.8 Å². The molecule has 0 amide bonds. The van der Waals surface area contributed by atoms with Crippen LogP contribution in [0.4, 0.5) is 0 Å². The molecule has 0 saturated heterocycles. The number of aromatic nitrogens is 2. The van der Waals surface area contributed by atoms with Gasteiger partial charge in [-0.25, -0.2) is 4.98 Å². The van der Waals surface area contributed by atoms with Crippen LogP contribution in [0.5, 0.6) is 5.88 Å². The SMILES string of the molecule is CCOc1nc2nc3ccc4ccccc4c3cc2c(-c2ccccc2)c1C#N. The molecule has 5 aromatic rings. The minimum absolute atomic E-state index is 0.328. The molecule has 29 heavy (non-hydrogen) atoms. The lowest BCUT2D eigenvalue weighted by Gasteiger charge is -2.14. The molecular weight excluding hydrogens is 358 g/mol. The predicted molar refractivity (Wildman–Crippen MR) is 116 cm³/mol. The van der Waals surface area contributed by atoms with Gasteiger partial charge in [0, 0.05) is 16.3 Å². The normalized spacial score (nSPS) is 11.0. The molecule has 0 unspecified atom stereocenters. The number of hydrogen-bond donors (Lipinski definition) is 0. The second-order valence-corrected chi connectivity index (χ2v) is 6.79. The average molecular weight is 375 g/mol. The van der Waals surface area contributed by atoms with E-state index in [1.54, 1.807) is 0 Å². The van der Waals surface area contributed by atoms with Crippen molar-refractivity contribution in [3.63, 3.8) is 0 Å². The van der Waals surface area contributed by atoms with Gasteiger partial charge >= 0.3 is 0 Å². The van der Waals surface area contributed by atoms with Gasteiger partial charge in [0.15, 0.2) is 5.65 Å². The first-order chi connectivity index (χ1) is 14.3. The molecule has 0 atom stereocenters. The minimum atomic E-state index is 0.328. The maximum Gasteiger partial charge on any atom is 0.234 e. The topological polar surface area (TPSA) is 58.8 Å². The van der Waals surface area contributed by atoms with Gasteiger partial charge < -0.3 is 4.74 Å². The third kappa shape index (κ3) is 2.76. The van der Waals surface area contributed by atoms with E-state index in [-0.39, 0.29) is 0 Å². The van der Waals surface area contributed by atoms with Crippen LogP contribution in [-0.4, -0.2) is 16.6 Å². The molecule has 0 radical (unpaired) electrons. The Morgan fingerprint density at radius 1 is 0.862 bits per heavy atom. The maximum atomic E-state index is 9.94. The van der Waals surface area contributed by atoms with Crippen molar-refractivity contribution < 1.29 is 4.74 Å². The highest BCUT2D eigenvalue weighted by Gasteiger charge is 2.19. The first kappa shape index (κ1) is 17.2. The molecule has 138 valence electrons. The molecule has 0 aliphatic heterocycles. The molecular formula is C25H17N3O. The molecule has 0 fully saturated rings. The third-order valence-electron chi connectivity index (χ3n) is 5.10. The van der Waals surface area contributed by atoms with Crippen LogP contribution < -0.4 is 4.74 Å². The Hall–Kier alpha value is -3.97. The van der Waals surface area contributed by atoms with Crippen molar-refractivity contribution >= 4 is 32.7 Å². The Labute approximate surface area is 168 Å². The fourth-order valence-corrected chi connectivity index (χ4v) is 3.83. The van der Waals surface area contributed by atoms with E-state index in [0.29, 0.717) is 23.7 Å². The molecule has 0 N–H and O–H groups in total.